The van der Waals surface area contributed by atoms with E-state index in [1.807, 2.05) is 11.8 Å². The molecule has 0 radical (unpaired) electrons. The Hall–Kier alpha value is 0.270. The number of nitrogens with two attached hydrogens (primary N) is 1. The minimum absolute atomic E-state index is 0.0185. The van der Waals surface area contributed by atoms with Crippen molar-refractivity contribution in [3.63, 3.8) is 0 Å². The Bertz CT molecular complexity index is 85.1. The fourth-order valence-electron chi connectivity index (χ4n) is 0.994. The summed E-state index contributed by atoms with van der Waals surface area (Å²) in [7, 11) is 1.75. The zero-order chi connectivity index (χ0) is 6.74. The van der Waals surface area contributed by atoms with Gasteiger partial charge in [-0.15, -0.1) is 0 Å². The van der Waals surface area contributed by atoms with Crippen LogP contribution in [0.4, 0.5) is 0 Å². The predicted molar refractivity (Wildman–Crippen MR) is 40.7 cm³/mol. The summed E-state index contributed by atoms with van der Waals surface area (Å²) in [5.41, 5.74) is 5.56. The van der Waals surface area contributed by atoms with Gasteiger partial charge >= 0.3 is 0 Å². The van der Waals surface area contributed by atoms with Gasteiger partial charge in [-0.2, -0.15) is 11.8 Å². The fraction of sp³-hybridized carbons (Fsp3) is 1.00. The maximum atomic E-state index is 5.54. The van der Waals surface area contributed by atoms with Crippen molar-refractivity contribution in [1.82, 2.24) is 0 Å². The van der Waals surface area contributed by atoms with Gasteiger partial charge in [0, 0.05) is 19.4 Å². The molecule has 1 rings (SSSR count). The van der Waals surface area contributed by atoms with Gasteiger partial charge in [-0.05, 0) is 12.2 Å². The first-order chi connectivity index (χ1) is 4.33. The Morgan fingerprint density at radius 2 is 2.56 bits per heavy atom. The summed E-state index contributed by atoms with van der Waals surface area (Å²) in [6, 6.07) is 0. The summed E-state index contributed by atoms with van der Waals surface area (Å²) in [5, 5.41) is 0. The van der Waals surface area contributed by atoms with E-state index in [9.17, 15) is 0 Å². The molecule has 0 spiro atoms. The first-order valence-electron chi connectivity index (χ1n) is 3.16. The number of methoxy groups -OCH3 is 1. The van der Waals surface area contributed by atoms with Crippen LogP contribution in [0.5, 0.6) is 0 Å². The van der Waals surface area contributed by atoms with Crippen molar-refractivity contribution >= 4 is 11.8 Å². The maximum Gasteiger partial charge on any atom is 0.0897 e. The molecule has 1 saturated heterocycles. The first kappa shape index (κ1) is 7.38. The highest BCUT2D eigenvalue weighted by Crippen LogP contribution is 2.29. The van der Waals surface area contributed by atoms with Crippen LogP contribution in [0.15, 0.2) is 0 Å². The first-order valence-corrected chi connectivity index (χ1v) is 4.31. The summed E-state index contributed by atoms with van der Waals surface area (Å²) in [4.78, 5) is 0. The molecule has 0 aromatic rings. The Labute approximate surface area is 60.1 Å². The summed E-state index contributed by atoms with van der Waals surface area (Å²) < 4.78 is 5.30. The molecule has 2 nitrogen and oxygen atoms in total. The molecule has 0 unspecified atom stereocenters. The topological polar surface area (TPSA) is 35.2 Å². The van der Waals surface area contributed by atoms with Crippen LogP contribution in [0.2, 0.25) is 0 Å². The van der Waals surface area contributed by atoms with Crippen LogP contribution in [-0.4, -0.2) is 30.8 Å². The second-order valence-corrected chi connectivity index (χ2v) is 3.50. The van der Waals surface area contributed by atoms with Crippen molar-refractivity contribution in [3.05, 3.63) is 0 Å². The standard InChI is InChI=1S/C6H13NOS/c1-8-6(4-7)2-3-9-5-6/h2-5,7H2,1H3/t6-/m1/s1. The van der Waals surface area contributed by atoms with Crippen LogP contribution in [0.25, 0.3) is 0 Å². The molecule has 3 heteroatoms. The molecular formula is C6H13NOS. The Kier molecular flexibility index (Phi) is 2.38. The average molecular weight is 147 g/mol. The summed E-state index contributed by atoms with van der Waals surface area (Å²) in [5.74, 6) is 2.27. The SMILES string of the molecule is CO[C@@]1(CN)CCSC1. The predicted octanol–water partition coefficient (Wildman–Crippen LogP) is 0.467. The molecule has 0 saturated carbocycles. The largest absolute Gasteiger partial charge is 0.376 e. The van der Waals surface area contributed by atoms with Crippen molar-refractivity contribution in [2.75, 3.05) is 25.2 Å². The van der Waals surface area contributed by atoms with Crippen molar-refractivity contribution in [2.24, 2.45) is 5.73 Å². The molecule has 0 amide bonds. The van der Waals surface area contributed by atoms with Gasteiger partial charge < -0.3 is 10.5 Å². The van der Waals surface area contributed by atoms with E-state index in [2.05, 4.69) is 0 Å². The van der Waals surface area contributed by atoms with Crippen molar-refractivity contribution in [3.8, 4) is 0 Å². The van der Waals surface area contributed by atoms with Crippen LogP contribution in [0.1, 0.15) is 6.42 Å². The Morgan fingerprint density at radius 1 is 1.78 bits per heavy atom. The minimum Gasteiger partial charge on any atom is -0.376 e. The van der Waals surface area contributed by atoms with E-state index in [1.54, 1.807) is 7.11 Å². The van der Waals surface area contributed by atoms with E-state index in [0.717, 1.165) is 12.2 Å². The van der Waals surface area contributed by atoms with Gasteiger partial charge in [0.2, 0.25) is 0 Å². The van der Waals surface area contributed by atoms with Crippen LogP contribution in [0.3, 0.4) is 0 Å². The highest BCUT2D eigenvalue weighted by Gasteiger charge is 2.32. The highest BCUT2D eigenvalue weighted by molar-refractivity contribution is 7.99. The normalized spacial score (nSPS) is 35.3. The van der Waals surface area contributed by atoms with E-state index < -0.39 is 0 Å². The average Bonchev–Trinajstić information content (AvgIpc) is 2.36. The minimum atomic E-state index is 0.0185. The molecule has 1 aliphatic rings. The second-order valence-electron chi connectivity index (χ2n) is 2.39. The molecule has 1 fully saturated rings. The third-order valence-corrected chi connectivity index (χ3v) is 3.10. The number of hydrogen-bond acceptors (Lipinski definition) is 3. The van der Waals surface area contributed by atoms with Crippen molar-refractivity contribution < 1.29 is 4.74 Å². The summed E-state index contributed by atoms with van der Waals surface area (Å²) in [6.45, 7) is 0.663. The second kappa shape index (κ2) is 2.90. The van der Waals surface area contributed by atoms with Gasteiger partial charge in [0.1, 0.15) is 0 Å². The number of rotatable bonds is 2. The van der Waals surface area contributed by atoms with E-state index >= 15 is 0 Å². The van der Waals surface area contributed by atoms with Gasteiger partial charge in [0.25, 0.3) is 0 Å². The van der Waals surface area contributed by atoms with E-state index in [-0.39, 0.29) is 5.60 Å². The maximum absolute atomic E-state index is 5.54. The Morgan fingerprint density at radius 3 is 2.78 bits per heavy atom. The lowest BCUT2D eigenvalue weighted by molar-refractivity contribution is 0.0209. The van der Waals surface area contributed by atoms with Gasteiger partial charge in [-0.1, -0.05) is 0 Å². The van der Waals surface area contributed by atoms with E-state index in [1.165, 1.54) is 5.75 Å². The zero-order valence-electron chi connectivity index (χ0n) is 5.72. The van der Waals surface area contributed by atoms with Gasteiger partial charge in [0.15, 0.2) is 0 Å². The molecular weight excluding hydrogens is 134 g/mol. The van der Waals surface area contributed by atoms with Crippen LogP contribution in [0, 0.1) is 0 Å². The molecule has 54 valence electrons. The molecule has 1 aliphatic heterocycles. The van der Waals surface area contributed by atoms with Crippen molar-refractivity contribution in [2.45, 2.75) is 12.0 Å². The number of thioether (sulfide) groups is 1. The van der Waals surface area contributed by atoms with E-state index in [4.69, 9.17) is 10.5 Å². The smallest absolute Gasteiger partial charge is 0.0897 e. The highest BCUT2D eigenvalue weighted by atomic mass is 32.2. The van der Waals surface area contributed by atoms with E-state index in [0.29, 0.717) is 6.54 Å². The third-order valence-electron chi connectivity index (χ3n) is 1.87. The van der Waals surface area contributed by atoms with Crippen LogP contribution >= 0.6 is 11.8 Å². The number of ether oxygens (including phenoxy) is 1. The van der Waals surface area contributed by atoms with Crippen LogP contribution in [-0.2, 0) is 4.74 Å². The molecule has 0 aromatic heterocycles. The van der Waals surface area contributed by atoms with Gasteiger partial charge in [-0.3, -0.25) is 0 Å². The fourth-order valence-corrected chi connectivity index (χ4v) is 2.41. The quantitative estimate of drug-likeness (QED) is 0.616. The molecule has 0 aliphatic carbocycles. The lowest BCUT2D eigenvalue weighted by Crippen LogP contribution is -2.39. The number of hydrogen-bond donors (Lipinski definition) is 1. The lowest BCUT2D eigenvalue weighted by Gasteiger charge is -2.23. The molecule has 9 heavy (non-hydrogen) atoms. The third kappa shape index (κ3) is 1.39. The monoisotopic (exact) mass is 147 g/mol. The van der Waals surface area contributed by atoms with Crippen molar-refractivity contribution in [1.29, 1.82) is 0 Å². The molecule has 2 N–H and O–H groups in total. The van der Waals surface area contributed by atoms with Gasteiger partial charge in [-0.25, -0.2) is 0 Å². The zero-order valence-corrected chi connectivity index (χ0v) is 6.54. The molecule has 0 aromatic carbocycles. The van der Waals surface area contributed by atoms with Crippen LogP contribution < -0.4 is 5.73 Å². The molecule has 1 heterocycles. The molecule has 0 bridgehead atoms. The Balaban J connectivity index is 2.45. The van der Waals surface area contributed by atoms with Gasteiger partial charge in [0.05, 0.1) is 5.60 Å². The summed E-state index contributed by atoms with van der Waals surface area (Å²) >= 11 is 1.93. The summed E-state index contributed by atoms with van der Waals surface area (Å²) in [6.07, 6.45) is 1.12. The molecule has 1 atom stereocenters. The lowest BCUT2D eigenvalue weighted by atomic mass is 10.0.